The van der Waals surface area contributed by atoms with Crippen LogP contribution in [-0.2, 0) is 31.0 Å². The predicted molar refractivity (Wildman–Crippen MR) is 181 cm³/mol. The third kappa shape index (κ3) is 6.01. The van der Waals surface area contributed by atoms with Gasteiger partial charge in [-0.05, 0) is 117 Å². The second-order valence-corrected chi connectivity index (χ2v) is 17.2. The fourth-order valence-electron chi connectivity index (χ4n) is 8.69. The molecular formula is C36H47ClN2O5S. The number of hydrogen-bond acceptors (Lipinski definition) is 6. The molecule has 1 unspecified atom stereocenters. The average Bonchev–Trinajstić information content (AvgIpc) is 3.50. The van der Waals surface area contributed by atoms with Crippen LogP contribution in [0, 0.1) is 23.7 Å². The van der Waals surface area contributed by atoms with Gasteiger partial charge in [0.25, 0.3) is 5.91 Å². The Morgan fingerprint density at radius 1 is 1.02 bits per heavy atom. The van der Waals surface area contributed by atoms with E-state index in [1.54, 1.807) is 6.07 Å². The van der Waals surface area contributed by atoms with Crippen molar-refractivity contribution in [3.8, 4) is 5.75 Å². The number of amides is 1. The van der Waals surface area contributed by atoms with Gasteiger partial charge in [-0.2, -0.15) is 0 Å². The maximum absolute atomic E-state index is 13.8. The number of halogens is 1. The highest BCUT2D eigenvalue weighted by molar-refractivity contribution is 7.99. The molecule has 9 heteroatoms. The molecule has 1 saturated carbocycles. The lowest BCUT2D eigenvalue weighted by Crippen LogP contribution is -2.50. The van der Waals surface area contributed by atoms with Crippen molar-refractivity contribution < 1.29 is 23.2 Å². The van der Waals surface area contributed by atoms with Crippen molar-refractivity contribution in [2.24, 2.45) is 23.7 Å². The molecule has 1 amide bonds. The van der Waals surface area contributed by atoms with Crippen LogP contribution in [0.2, 0.25) is 5.02 Å². The summed E-state index contributed by atoms with van der Waals surface area (Å²) in [4.78, 5) is 16.1. The van der Waals surface area contributed by atoms with E-state index in [9.17, 15) is 9.00 Å². The lowest BCUT2D eigenvalue weighted by atomic mass is 9.64. The number of aryl methyl sites for hydroxylation is 1. The number of nitrogens with one attached hydrogen (secondary N) is 1. The van der Waals surface area contributed by atoms with Crippen molar-refractivity contribution in [1.82, 2.24) is 4.72 Å². The zero-order chi connectivity index (χ0) is 31.3. The van der Waals surface area contributed by atoms with Crippen LogP contribution in [0.4, 0.5) is 5.69 Å². The molecule has 2 aromatic carbocycles. The van der Waals surface area contributed by atoms with Gasteiger partial charge in [0.05, 0.1) is 35.2 Å². The highest BCUT2D eigenvalue weighted by Gasteiger charge is 2.46. The molecule has 1 saturated heterocycles. The molecule has 2 aliphatic carbocycles. The van der Waals surface area contributed by atoms with Crippen molar-refractivity contribution in [2.45, 2.75) is 82.2 Å². The van der Waals surface area contributed by atoms with Crippen LogP contribution in [0.15, 0.2) is 36.4 Å². The standard InChI is InChI=1S/C36H47ClN2O5S/c1-23-6-4-8-30(35-42-16-17-43-35)29-12-9-27(29)20-39-21-36(15-5-7-25-18-28(37)11-13-31(25)36)22-44-33-14-10-26(19-32(33)39)34(40)38-45(3,41)24(23)2/h10-11,13-14,18-19,23-24,27,29-30,35H,3-9,12,15-17,20-22H2,1-2H3,(H,38,40,41)/t23-,24+,27-,29+,30-,36-,45?/m0/s1. The normalized spacial score (nSPS) is 35.8. The molecule has 0 aromatic heterocycles. The number of nitrogens with zero attached hydrogens (tertiary/aromatic N) is 1. The van der Waals surface area contributed by atoms with Crippen molar-refractivity contribution in [1.29, 1.82) is 0 Å². The second kappa shape index (κ2) is 12.4. The van der Waals surface area contributed by atoms with Crippen LogP contribution < -0.4 is 14.4 Å². The number of carbonyl (C=O) groups excluding carboxylic acids is 1. The molecular weight excluding hydrogens is 608 g/mol. The Balaban J connectivity index is 1.29. The molecule has 2 fully saturated rings. The molecule has 3 heterocycles. The quantitative estimate of drug-likeness (QED) is 0.359. The highest BCUT2D eigenvalue weighted by atomic mass is 35.5. The van der Waals surface area contributed by atoms with E-state index in [-0.39, 0.29) is 28.8 Å². The first-order chi connectivity index (χ1) is 21.6. The lowest BCUT2D eigenvalue weighted by Gasteiger charge is -2.47. The van der Waals surface area contributed by atoms with E-state index in [2.05, 4.69) is 34.5 Å². The molecule has 7 nitrogen and oxygen atoms in total. The van der Waals surface area contributed by atoms with Crippen LogP contribution in [-0.4, -0.2) is 60.4 Å². The maximum Gasteiger partial charge on any atom is 0.262 e. The molecule has 1 spiro atoms. The Kier molecular flexibility index (Phi) is 8.64. The number of rotatable bonds is 1. The Bertz CT molecular complexity index is 1540. The van der Waals surface area contributed by atoms with Gasteiger partial charge in [0.15, 0.2) is 6.29 Å². The summed E-state index contributed by atoms with van der Waals surface area (Å²) in [7, 11) is -2.88. The lowest BCUT2D eigenvalue weighted by molar-refractivity contribution is -0.123. The molecule has 7 rings (SSSR count). The van der Waals surface area contributed by atoms with Gasteiger partial charge in [-0.3, -0.25) is 9.52 Å². The zero-order valence-corrected chi connectivity index (χ0v) is 28.2. The topological polar surface area (TPSA) is 77.1 Å². The molecule has 0 radical (unpaired) electrons. The van der Waals surface area contributed by atoms with Crippen LogP contribution in [0.3, 0.4) is 0 Å². The van der Waals surface area contributed by atoms with Crippen LogP contribution in [0.1, 0.15) is 80.3 Å². The molecule has 3 aliphatic heterocycles. The second-order valence-electron chi connectivity index (χ2n) is 14.3. The molecule has 2 aromatic rings. The zero-order valence-electron chi connectivity index (χ0n) is 26.6. The molecule has 2 bridgehead atoms. The largest absolute Gasteiger partial charge is 0.490 e. The van der Waals surface area contributed by atoms with Gasteiger partial charge in [-0.25, -0.2) is 4.21 Å². The molecule has 7 atom stereocenters. The fraction of sp³-hybridized carbons (Fsp3) is 0.611. The van der Waals surface area contributed by atoms with Crippen LogP contribution in [0.5, 0.6) is 5.75 Å². The molecule has 244 valence electrons. The minimum absolute atomic E-state index is 0.145. The van der Waals surface area contributed by atoms with E-state index < -0.39 is 9.71 Å². The number of benzene rings is 2. The first-order valence-electron chi connectivity index (χ1n) is 16.9. The van der Waals surface area contributed by atoms with E-state index >= 15 is 0 Å². The van der Waals surface area contributed by atoms with E-state index in [0.717, 1.165) is 74.5 Å². The maximum atomic E-state index is 13.8. The van der Waals surface area contributed by atoms with Gasteiger partial charge in [-0.15, -0.1) is 0 Å². The summed E-state index contributed by atoms with van der Waals surface area (Å²) in [6.07, 6.45) is 8.22. The summed E-state index contributed by atoms with van der Waals surface area (Å²) >= 11 is 6.46. The van der Waals surface area contributed by atoms with Crippen molar-refractivity contribution in [3.05, 3.63) is 58.1 Å². The number of anilines is 1. The van der Waals surface area contributed by atoms with E-state index in [1.807, 2.05) is 25.1 Å². The Morgan fingerprint density at radius 3 is 2.62 bits per heavy atom. The number of hydrogen-bond donors (Lipinski definition) is 1. The van der Waals surface area contributed by atoms with Gasteiger partial charge in [0, 0.05) is 40.3 Å². The SMILES string of the molecule is C=S1(=O)NC(=O)c2ccc3c(c2)N(C[C@@H]2CC[C@H]2[C@@H](C2OCCO2)CCC[C@H](C)[C@H]1C)C[C@@]1(CCCc2cc(Cl)ccc21)CO3. The number of carbonyl (C=O) groups is 1. The third-order valence-electron chi connectivity index (χ3n) is 11.6. The van der Waals surface area contributed by atoms with Gasteiger partial charge in [0.1, 0.15) is 5.75 Å². The minimum Gasteiger partial charge on any atom is -0.490 e. The summed E-state index contributed by atoms with van der Waals surface area (Å²) in [5.41, 5.74) is 3.85. The van der Waals surface area contributed by atoms with E-state index in [1.165, 1.54) is 17.5 Å². The molecule has 5 aliphatic rings. The Hall–Kier alpha value is -2.26. The summed E-state index contributed by atoms with van der Waals surface area (Å²) in [6, 6.07) is 12.0. The fourth-order valence-corrected chi connectivity index (χ4v) is 10.4. The summed E-state index contributed by atoms with van der Waals surface area (Å²) in [5.74, 6) is 5.93. The summed E-state index contributed by atoms with van der Waals surface area (Å²) < 4.78 is 35.6. The van der Waals surface area contributed by atoms with Crippen molar-refractivity contribution in [2.75, 3.05) is 37.8 Å². The highest BCUT2D eigenvalue weighted by Crippen LogP contribution is 2.49. The van der Waals surface area contributed by atoms with E-state index in [0.29, 0.717) is 43.1 Å². The van der Waals surface area contributed by atoms with Gasteiger partial charge >= 0.3 is 0 Å². The molecule has 1 N–H and O–H groups in total. The first-order valence-corrected chi connectivity index (χ1v) is 19.0. The van der Waals surface area contributed by atoms with Gasteiger partial charge in [-0.1, -0.05) is 31.0 Å². The Morgan fingerprint density at radius 2 is 1.84 bits per heavy atom. The summed E-state index contributed by atoms with van der Waals surface area (Å²) in [6.45, 7) is 7.62. The average molecular weight is 655 g/mol. The first kappa shape index (κ1) is 31.3. The molecule has 45 heavy (non-hydrogen) atoms. The van der Waals surface area contributed by atoms with Crippen LogP contribution >= 0.6 is 11.6 Å². The van der Waals surface area contributed by atoms with Gasteiger partial charge in [0.2, 0.25) is 0 Å². The smallest absolute Gasteiger partial charge is 0.262 e. The van der Waals surface area contributed by atoms with Crippen molar-refractivity contribution >= 4 is 38.8 Å². The Labute approximate surface area is 273 Å². The van der Waals surface area contributed by atoms with Gasteiger partial charge < -0.3 is 19.1 Å². The predicted octanol–water partition coefficient (Wildman–Crippen LogP) is 6.40. The monoisotopic (exact) mass is 654 g/mol. The summed E-state index contributed by atoms with van der Waals surface area (Å²) in [5, 5.41) is 0.512. The number of ether oxygens (including phenoxy) is 3. The van der Waals surface area contributed by atoms with E-state index in [4.69, 9.17) is 25.8 Å². The van der Waals surface area contributed by atoms with Crippen molar-refractivity contribution in [3.63, 3.8) is 0 Å². The number of fused-ring (bicyclic) bond motifs is 4. The minimum atomic E-state index is -2.88. The third-order valence-corrected chi connectivity index (χ3v) is 14.1. The van der Waals surface area contributed by atoms with Crippen LogP contribution in [0.25, 0.3) is 0 Å².